The van der Waals surface area contributed by atoms with E-state index in [1.165, 1.54) is 0 Å². The fourth-order valence-electron chi connectivity index (χ4n) is 0. The van der Waals surface area contributed by atoms with Crippen LogP contribution in [-0.2, 0) is 32.7 Å². The van der Waals surface area contributed by atoms with Crippen LogP contribution in [0.2, 0.25) is 6.55 Å². The quantitative estimate of drug-likeness (QED) is 0.391. The van der Waals surface area contributed by atoms with Crippen LogP contribution in [0.25, 0.3) is 0 Å². The van der Waals surface area contributed by atoms with Gasteiger partial charge in [-0.1, -0.05) is 21.4 Å². The first-order valence-electron chi connectivity index (χ1n) is 0.707. The third-order valence-electron chi connectivity index (χ3n) is 0. The fraction of sp³-hybridized carbons (Fsp3) is 0.750. The summed E-state index contributed by atoms with van der Waals surface area (Å²) in [6.45, 7) is 2.03. The second kappa shape index (κ2) is 103. The van der Waals surface area contributed by atoms with Crippen LogP contribution in [0.1, 0.15) is 14.9 Å². The Morgan fingerprint density at radius 3 is 1.00 bits per heavy atom. The Balaban J connectivity index is -0.000000000833. The van der Waals surface area contributed by atoms with E-state index >= 15 is 0 Å². The molecule has 0 aliphatic heterocycles. The maximum atomic E-state index is 2.03. The maximum absolute atomic E-state index is 2.03. The summed E-state index contributed by atoms with van der Waals surface area (Å²) in [5, 5.41) is 0. The number of rotatable bonds is 0. The zero-order chi connectivity index (χ0) is 2.00. The van der Waals surface area contributed by atoms with Crippen molar-refractivity contribution in [1.29, 1.82) is 0 Å². The molecular formula is C4H16SiY-. The van der Waals surface area contributed by atoms with E-state index in [2.05, 4.69) is 0 Å². The molecule has 0 unspecified atom stereocenters. The summed E-state index contributed by atoms with van der Waals surface area (Å²) in [5.74, 6) is 0. The molecule has 0 atom stereocenters. The Morgan fingerprint density at radius 1 is 1.00 bits per heavy atom. The van der Waals surface area contributed by atoms with Gasteiger partial charge in [-0.2, -0.15) is 0 Å². The van der Waals surface area contributed by atoms with Gasteiger partial charge in [-0.3, -0.25) is 0 Å². The number of hydrogen-bond donors (Lipinski definition) is 0. The molecule has 0 aliphatic carbocycles. The van der Waals surface area contributed by atoms with Crippen molar-refractivity contribution < 1.29 is 32.7 Å². The van der Waals surface area contributed by atoms with Gasteiger partial charge in [0.1, 0.15) is 0 Å². The Hall–Kier alpha value is 1.32. The van der Waals surface area contributed by atoms with Gasteiger partial charge in [-0.25, -0.2) is 0 Å². The van der Waals surface area contributed by atoms with Crippen molar-refractivity contribution in [1.82, 2.24) is 0 Å². The zero-order valence-corrected chi connectivity index (χ0v) is 7.54. The summed E-state index contributed by atoms with van der Waals surface area (Å²) in [4.78, 5) is 0. The molecule has 2 radical (unpaired) electrons. The first-order valence-corrected chi connectivity index (χ1v) is 2.12. The molecule has 0 N–H and O–H groups in total. The van der Waals surface area contributed by atoms with E-state index in [0.717, 1.165) is 0 Å². The van der Waals surface area contributed by atoms with E-state index in [9.17, 15) is 0 Å². The van der Waals surface area contributed by atoms with Gasteiger partial charge in [0.05, 0.1) is 0 Å². The van der Waals surface area contributed by atoms with Crippen LogP contribution < -0.4 is 0 Å². The van der Waals surface area contributed by atoms with E-state index in [0.29, 0.717) is 0 Å². The third-order valence-corrected chi connectivity index (χ3v) is 0. The van der Waals surface area contributed by atoms with Crippen LogP contribution in [-0.4, -0.2) is 10.2 Å². The predicted octanol–water partition coefficient (Wildman–Crippen LogP) is 1.39. The molecule has 0 aromatic carbocycles. The predicted molar refractivity (Wildman–Crippen MR) is 34.3 cm³/mol. The van der Waals surface area contributed by atoms with Gasteiger partial charge in [-0.05, 0) is 0 Å². The number of hydrogen-bond acceptors (Lipinski definition) is 0. The summed E-state index contributed by atoms with van der Waals surface area (Å²) >= 11 is 0. The maximum Gasteiger partial charge on any atom is 0.00452 e. The van der Waals surface area contributed by atoms with Crippen molar-refractivity contribution in [2.24, 2.45) is 0 Å². The Morgan fingerprint density at radius 2 is 1.00 bits per heavy atom. The molecule has 40 valence electrons. The molecule has 0 saturated carbocycles. The van der Waals surface area contributed by atoms with E-state index < -0.39 is 0 Å². The first kappa shape index (κ1) is 54.3. The van der Waals surface area contributed by atoms with Crippen molar-refractivity contribution in [2.45, 2.75) is 21.4 Å². The smallest absolute Gasteiger partial charge is 0.00452 e. The van der Waals surface area contributed by atoms with Crippen LogP contribution in [0.4, 0.5) is 0 Å². The van der Waals surface area contributed by atoms with Crippen LogP contribution in [0.3, 0.4) is 0 Å². The third kappa shape index (κ3) is 56.9. The van der Waals surface area contributed by atoms with Crippen LogP contribution in [0, 0.1) is 7.43 Å². The van der Waals surface area contributed by atoms with Gasteiger partial charge >= 0.3 is 0 Å². The molecule has 0 heterocycles. The first-order chi connectivity index (χ1) is 1.00. The fourth-order valence-corrected chi connectivity index (χ4v) is 0. The molecule has 0 bridgehead atoms. The SMILES string of the molecule is C.C.C[SiH2].[CH3-].[Y]. The molecule has 0 nitrogen and oxygen atoms in total. The Bertz CT molecular complexity index is 7.51. The van der Waals surface area contributed by atoms with E-state index in [-0.39, 0.29) is 55.0 Å². The average molecular weight is 181 g/mol. The minimum absolute atomic E-state index is 0. The molecule has 0 aliphatic rings. The molecule has 0 amide bonds. The van der Waals surface area contributed by atoms with Crippen LogP contribution >= 0.6 is 0 Å². The summed E-state index contributed by atoms with van der Waals surface area (Å²) in [7, 11) is 1.86. The topological polar surface area (TPSA) is 0 Å². The standard InChI is InChI=1S/CH5Si.2CH4.CH3.Y/c1-2;;;;/h2H2,1H3;2*1H4;1H3;/q;;;-1;. The van der Waals surface area contributed by atoms with E-state index in [4.69, 9.17) is 0 Å². The van der Waals surface area contributed by atoms with Crippen molar-refractivity contribution >= 4 is 10.2 Å². The monoisotopic (exact) mass is 181 g/mol. The van der Waals surface area contributed by atoms with Gasteiger partial charge in [0.15, 0.2) is 0 Å². The minimum atomic E-state index is 0. The molecule has 0 rings (SSSR count). The second-order valence-electron chi connectivity index (χ2n) is 0. The summed E-state index contributed by atoms with van der Waals surface area (Å²) in [6.07, 6.45) is 0. The summed E-state index contributed by atoms with van der Waals surface area (Å²) in [6, 6.07) is 0. The molecule has 6 heavy (non-hydrogen) atoms. The van der Waals surface area contributed by atoms with Gasteiger partial charge in [0.2, 0.25) is 0 Å². The molecular weight excluding hydrogens is 165 g/mol. The van der Waals surface area contributed by atoms with Crippen molar-refractivity contribution in [2.75, 3.05) is 0 Å². The second-order valence-corrected chi connectivity index (χ2v) is 0. The van der Waals surface area contributed by atoms with Gasteiger partial charge < -0.3 is 7.43 Å². The molecule has 0 spiro atoms. The Labute approximate surface area is 71.4 Å². The van der Waals surface area contributed by atoms with E-state index in [1.54, 1.807) is 0 Å². The largest absolute Gasteiger partial charge is 0.358 e. The molecule has 2 heteroatoms. The van der Waals surface area contributed by atoms with Crippen molar-refractivity contribution in [3.8, 4) is 0 Å². The zero-order valence-electron chi connectivity index (χ0n) is 3.28. The van der Waals surface area contributed by atoms with Crippen LogP contribution in [0.5, 0.6) is 0 Å². The van der Waals surface area contributed by atoms with E-state index in [1.807, 2.05) is 16.8 Å². The van der Waals surface area contributed by atoms with Gasteiger partial charge in [0, 0.05) is 43.0 Å². The van der Waals surface area contributed by atoms with Crippen molar-refractivity contribution in [3.05, 3.63) is 7.43 Å². The molecule has 0 aromatic heterocycles. The summed E-state index contributed by atoms with van der Waals surface area (Å²) in [5.41, 5.74) is 0. The minimum Gasteiger partial charge on any atom is -0.358 e. The summed E-state index contributed by atoms with van der Waals surface area (Å²) < 4.78 is 0. The molecule has 0 saturated heterocycles. The van der Waals surface area contributed by atoms with Gasteiger partial charge in [0.25, 0.3) is 0 Å². The van der Waals surface area contributed by atoms with Crippen LogP contribution in [0.15, 0.2) is 0 Å². The average Bonchev–Trinajstić information content (AvgIpc) is 1.00. The van der Waals surface area contributed by atoms with Crippen molar-refractivity contribution in [3.63, 3.8) is 0 Å². The molecule has 0 fully saturated rings. The normalized spacial score (nSPS) is 1.00. The Kier molecular flexibility index (Phi) is 928. The van der Waals surface area contributed by atoms with Gasteiger partial charge in [-0.15, -0.1) is 0 Å². The molecule has 0 aromatic rings.